The van der Waals surface area contributed by atoms with E-state index >= 15 is 0 Å². The highest BCUT2D eigenvalue weighted by molar-refractivity contribution is 7.48. The van der Waals surface area contributed by atoms with Gasteiger partial charge in [0.15, 0.2) is 11.6 Å². The lowest BCUT2D eigenvalue weighted by Crippen LogP contribution is -2.51. The van der Waals surface area contributed by atoms with Crippen molar-refractivity contribution in [3.05, 3.63) is 108 Å². The van der Waals surface area contributed by atoms with E-state index in [1.807, 2.05) is 70.2 Å². The smallest absolute Gasteiger partial charge is 0.430 e. The molecule has 0 unspecified atom stereocenters. The highest BCUT2D eigenvalue weighted by Gasteiger charge is 2.50. The van der Waals surface area contributed by atoms with Gasteiger partial charge in [0.1, 0.15) is 17.5 Å². The van der Waals surface area contributed by atoms with Crippen LogP contribution in [0.5, 0.6) is 0 Å². The fourth-order valence-corrected chi connectivity index (χ4v) is 8.12. The molecule has 0 spiro atoms. The molecule has 0 aliphatic carbocycles. The number of phosphoric ester groups is 1. The van der Waals surface area contributed by atoms with Crippen molar-refractivity contribution in [2.24, 2.45) is 23.7 Å². The number of aryl methyl sites for hydroxylation is 1. The number of hydrogen-bond acceptors (Lipinski definition) is 13. The highest BCUT2D eigenvalue weighted by atomic mass is 31.2. The zero-order valence-electron chi connectivity index (χ0n) is 38.5. The van der Waals surface area contributed by atoms with Crippen molar-refractivity contribution in [1.82, 2.24) is 10.6 Å². The van der Waals surface area contributed by atoms with E-state index in [0.717, 1.165) is 5.56 Å². The molecule has 2 amide bonds. The maximum Gasteiger partial charge on any atom is 0.510 e. The van der Waals surface area contributed by atoms with Crippen molar-refractivity contribution in [2.45, 2.75) is 124 Å². The molecule has 6 atom stereocenters. The Kier molecular flexibility index (Phi) is 20.7. The number of ether oxygens (including phenoxy) is 3. The third kappa shape index (κ3) is 18.4. The lowest BCUT2D eigenvalue weighted by Gasteiger charge is -2.29. The summed E-state index contributed by atoms with van der Waals surface area (Å²) in [4.78, 5) is 81.5. The summed E-state index contributed by atoms with van der Waals surface area (Å²) in [5.74, 6) is -4.45. The fraction of sp³-hybridized carbons (Fsp3) is 0.510. The maximum atomic E-state index is 14.3. The zero-order chi connectivity index (χ0) is 47.6. The van der Waals surface area contributed by atoms with E-state index < -0.39 is 80.4 Å². The molecule has 2 N–H and O–H groups in total. The molecular weight excluding hydrogens is 856 g/mol. The average Bonchev–Trinajstić information content (AvgIpc) is 4.03. The van der Waals surface area contributed by atoms with Gasteiger partial charge in [-0.15, -0.1) is 0 Å². The lowest BCUT2D eigenvalue weighted by atomic mass is 9.88. The van der Waals surface area contributed by atoms with Gasteiger partial charge in [-0.3, -0.25) is 28.2 Å². The van der Waals surface area contributed by atoms with E-state index in [0.29, 0.717) is 24.0 Å². The van der Waals surface area contributed by atoms with Gasteiger partial charge in [-0.2, -0.15) is 0 Å². The SMILES string of the molecule is CC(=O)C[C@@H](CCc1ccccc1)C(=O)N[C@@H](CC(C)C)C(=O)C[C@H](C(=O)N[C@@H](CC(C)C)C(=O)[C@@]1(C)CO1)[C@@H](C)OC(=O)OCOP(=O)(OCc1ccccc1)OCc1ccccc1. The Morgan fingerprint density at radius 3 is 1.68 bits per heavy atom. The second-order valence-corrected chi connectivity index (χ2v) is 19.3. The lowest BCUT2D eigenvalue weighted by molar-refractivity contribution is -0.138. The van der Waals surface area contributed by atoms with Gasteiger partial charge in [0.05, 0.1) is 37.8 Å². The van der Waals surface area contributed by atoms with Crippen LogP contribution in [0.1, 0.15) is 97.3 Å². The van der Waals surface area contributed by atoms with E-state index in [2.05, 4.69) is 10.6 Å². The third-order valence-corrected chi connectivity index (χ3v) is 12.2. The molecule has 0 saturated carbocycles. The van der Waals surface area contributed by atoms with E-state index in [1.165, 1.54) is 13.8 Å². The Hall–Kier alpha value is -5.05. The molecule has 3 aromatic carbocycles. The predicted molar refractivity (Wildman–Crippen MR) is 242 cm³/mol. The second kappa shape index (κ2) is 25.6. The molecule has 0 aromatic heterocycles. The number of epoxide rings is 1. The normalized spacial score (nSPS) is 17.0. The summed E-state index contributed by atoms with van der Waals surface area (Å²) in [6, 6.07) is 25.3. The first-order valence-electron chi connectivity index (χ1n) is 22.2. The molecule has 65 heavy (non-hydrogen) atoms. The van der Waals surface area contributed by atoms with Crippen molar-refractivity contribution in [3.8, 4) is 0 Å². The monoisotopic (exact) mass is 920 g/mol. The number of nitrogens with one attached hydrogen (secondary N) is 2. The summed E-state index contributed by atoms with van der Waals surface area (Å²) in [5.41, 5.74) is 1.29. The van der Waals surface area contributed by atoms with Gasteiger partial charge in [-0.05, 0) is 75.0 Å². The van der Waals surface area contributed by atoms with Gasteiger partial charge in [-0.25, -0.2) is 13.9 Å². The van der Waals surface area contributed by atoms with Crippen LogP contribution in [0, 0.1) is 23.7 Å². The third-order valence-electron chi connectivity index (χ3n) is 10.8. The van der Waals surface area contributed by atoms with Gasteiger partial charge in [0, 0.05) is 18.8 Å². The van der Waals surface area contributed by atoms with Crippen molar-refractivity contribution in [1.29, 1.82) is 0 Å². The van der Waals surface area contributed by atoms with Gasteiger partial charge in [0.25, 0.3) is 0 Å². The number of benzene rings is 3. The number of hydrogen-bond donors (Lipinski definition) is 2. The minimum Gasteiger partial charge on any atom is -0.430 e. The van der Waals surface area contributed by atoms with Gasteiger partial charge in [-0.1, -0.05) is 119 Å². The molecule has 3 aromatic rings. The van der Waals surface area contributed by atoms with Gasteiger partial charge >= 0.3 is 14.0 Å². The topological polar surface area (TPSA) is 202 Å². The molecule has 354 valence electrons. The number of rotatable bonds is 29. The van der Waals surface area contributed by atoms with Crippen LogP contribution in [0.3, 0.4) is 0 Å². The molecule has 15 nitrogen and oxygen atoms in total. The highest BCUT2D eigenvalue weighted by Crippen LogP contribution is 2.51. The van der Waals surface area contributed by atoms with Crippen LogP contribution in [0.2, 0.25) is 0 Å². The van der Waals surface area contributed by atoms with E-state index in [4.69, 9.17) is 27.8 Å². The zero-order valence-corrected chi connectivity index (χ0v) is 39.4. The molecule has 0 radical (unpaired) electrons. The van der Waals surface area contributed by atoms with Crippen molar-refractivity contribution >= 4 is 43.1 Å². The predicted octanol–water partition coefficient (Wildman–Crippen LogP) is 8.27. The molecule has 1 saturated heterocycles. The van der Waals surface area contributed by atoms with Crippen LogP contribution >= 0.6 is 7.82 Å². The fourth-order valence-electron chi connectivity index (χ4n) is 7.10. The summed E-state index contributed by atoms with van der Waals surface area (Å²) < 4.78 is 46.4. The number of carbonyl (C=O) groups is 6. The molecule has 0 bridgehead atoms. The molecule has 1 heterocycles. The quantitative estimate of drug-likeness (QED) is 0.0292. The van der Waals surface area contributed by atoms with Crippen LogP contribution in [0.15, 0.2) is 91.0 Å². The van der Waals surface area contributed by atoms with Crippen molar-refractivity contribution in [2.75, 3.05) is 13.4 Å². The Balaban J connectivity index is 1.51. The van der Waals surface area contributed by atoms with E-state index in [9.17, 15) is 33.3 Å². The number of Topliss-reactive ketones (excluding diaryl/α,β-unsaturated/α-hetero) is 3. The van der Waals surface area contributed by atoms with E-state index in [-0.39, 0.29) is 62.5 Å². The Morgan fingerprint density at radius 2 is 1.18 bits per heavy atom. The van der Waals surface area contributed by atoms with Crippen LogP contribution in [-0.4, -0.2) is 72.5 Å². The van der Waals surface area contributed by atoms with Crippen LogP contribution < -0.4 is 10.6 Å². The summed E-state index contributed by atoms with van der Waals surface area (Å²) in [6.07, 6.45) is -1.82. The second-order valence-electron chi connectivity index (χ2n) is 17.6. The summed E-state index contributed by atoms with van der Waals surface area (Å²) in [6.45, 7) is 11.0. The first kappa shape index (κ1) is 52.6. The average molecular weight is 921 g/mol. The van der Waals surface area contributed by atoms with Crippen molar-refractivity contribution < 1.29 is 61.1 Å². The Labute approximate surface area is 382 Å². The molecule has 16 heteroatoms. The standard InChI is InChI=1S/C49H65N2O13P/c1-33(2)25-42(50-46(55)40(27-35(5)52)24-23-37-17-11-8-12-18-37)44(53)28-41(47(56)51-43(26-34(3)4)45(54)49(7)31-60-49)36(6)64-48(57)59-32-63-65(58,61-29-38-19-13-9-14-20-38)62-30-39-21-15-10-16-22-39/h8-22,33-34,36,40-43H,23-32H2,1-7H3,(H,50,55)(H,51,56)/t36-,40-,41+,42+,43+,49-/m1/s1. The first-order chi connectivity index (χ1) is 30.9. The van der Waals surface area contributed by atoms with E-state index in [1.54, 1.807) is 55.5 Å². The van der Waals surface area contributed by atoms with Crippen molar-refractivity contribution in [3.63, 3.8) is 0 Å². The molecule has 4 rings (SSSR count). The minimum atomic E-state index is -4.35. The summed E-state index contributed by atoms with van der Waals surface area (Å²) in [5, 5.41) is 5.66. The number of phosphoric acid groups is 1. The maximum absolute atomic E-state index is 14.3. The number of carbonyl (C=O) groups excluding carboxylic acids is 6. The van der Waals surface area contributed by atoms with Crippen LogP contribution in [0.4, 0.5) is 4.79 Å². The summed E-state index contributed by atoms with van der Waals surface area (Å²) >= 11 is 0. The van der Waals surface area contributed by atoms with Gasteiger partial charge in [0.2, 0.25) is 18.6 Å². The Bertz CT molecular complexity index is 2010. The Morgan fingerprint density at radius 1 is 0.692 bits per heavy atom. The van der Waals surface area contributed by atoms with Gasteiger partial charge < -0.3 is 29.6 Å². The molecule has 1 fully saturated rings. The molecule has 1 aliphatic heterocycles. The summed E-state index contributed by atoms with van der Waals surface area (Å²) in [7, 11) is -4.35. The molecular formula is C49H65N2O13P. The first-order valence-corrected chi connectivity index (χ1v) is 23.6. The largest absolute Gasteiger partial charge is 0.510 e. The number of ketones is 3. The minimum absolute atomic E-state index is 0.0184. The molecule has 1 aliphatic rings. The number of amides is 2. The van der Waals surface area contributed by atoms with Crippen LogP contribution in [-0.2, 0) is 76.0 Å². The van der Waals surface area contributed by atoms with Crippen LogP contribution in [0.25, 0.3) is 0 Å².